The monoisotopic (exact) mass is 381 g/mol. The molecule has 4 nitrogen and oxygen atoms in total. The van der Waals surface area contributed by atoms with E-state index >= 15 is 0 Å². The summed E-state index contributed by atoms with van der Waals surface area (Å²) in [6.45, 7) is 0.504. The number of nitrogens with one attached hydrogen (secondary N) is 1. The number of methoxy groups -OCH3 is 2. The normalized spacial score (nSPS) is 10.5. The topological polar surface area (TPSA) is 47.6 Å². The maximum Gasteiger partial charge on any atom is 0.220 e. The lowest BCUT2D eigenvalue weighted by molar-refractivity contribution is -0.120. The summed E-state index contributed by atoms with van der Waals surface area (Å²) in [5.74, 6) is -0.0289. The first-order chi connectivity index (χ1) is 12.5. The maximum absolute atomic E-state index is 13.1. The number of ether oxygens (including phenoxy) is 2. The first kappa shape index (κ1) is 20.0. The van der Waals surface area contributed by atoms with Crippen molar-refractivity contribution in [3.63, 3.8) is 0 Å². The molecule has 0 aliphatic heterocycles. The van der Waals surface area contributed by atoms with Gasteiger partial charge in [-0.05, 0) is 42.3 Å². The highest BCUT2D eigenvalue weighted by Crippen LogP contribution is 2.27. The highest BCUT2D eigenvalue weighted by molar-refractivity contribution is 7.99. The minimum Gasteiger partial charge on any atom is -0.493 e. The Balaban J connectivity index is 1.71. The highest BCUT2D eigenvalue weighted by Gasteiger charge is 2.07. The van der Waals surface area contributed by atoms with Crippen molar-refractivity contribution in [1.29, 1.82) is 0 Å². The molecule has 2 aromatic carbocycles. The fourth-order valence-corrected chi connectivity index (χ4v) is 3.17. The molecule has 0 atom stereocenters. The van der Waals surface area contributed by atoms with Gasteiger partial charge >= 0.3 is 0 Å². The molecule has 140 valence electrons. The molecule has 26 heavy (non-hydrogen) atoms. The molecule has 1 amide bonds. The Hall–Kier alpha value is -2.28. The number of hydrogen-bond donors (Lipinski definition) is 1. The van der Waals surface area contributed by atoms with E-state index in [-0.39, 0.29) is 5.91 Å². The van der Waals surface area contributed by atoms with Gasteiger partial charge in [-0.2, -0.15) is 0 Å². The van der Waals surface area contributed by atoms with Gasteiger partial charge < -0.3 is 14.8 Å². The van der Waals surface area contributed by atoms with Crippen molar-refractivity contribution in [2.45, 2.75) is 17.7 Å². The third-order valence-corrected chi connectivity index (χ3v) is 4.67. The summed E-state index contributed by atoms with van der Waals surface area (Å²) in [7, 11) is 3.16. The van der Waals surface area contributed by atoms with E-state index in [1.165, 1.54) is 17.8 Å². The van der Waals surface area contributed by atoms with E-state index in [1.54, 1.807) is 14.2 Å². The van der Waals surface area contributed by atoms with Crippen molar-refractivity contribution in [2.24, 2.45) is 0 Å². The molecule has 1 N–H and O–H groups in total. The number of amides is 1. The van der Waals surface area contributed by atoms with Crippen LogP contribution in [0.5, 0.6) is 11.5 Å². The van der Waals surface area contributed by atoms with Gasteiger partial charge in [0.2, 0.25) is 5.91 Å². The molecule has 0 spiro atoms. The summed E-state index contributed by atoms with van der Waals surface area (Å²) >= 11 is 1.31. The summed E-state index contributed by atoms with van der Waals surface area (Å²) in [5.41, 5.74) is 1.03. The minimum absolute atomic E-state index is 0.0828. The lowest BCUT2D eigenvalue weighted by atomic mass is 10.1. The molecule has 0 saturated heterocycles. The quantitative estimate of drug-likeness (QED) is 0.671. The first-order valence-electron chi connectivity index (χ1n) is 8.09. The van der Waals surface area contributed by atoms with E-state index in [2.05, 4.69) is 5.32 Å². The number of rotatable bonds is 9. The van der Waals surface area contributed by atoms with E-state index in [1.807, 2.05) is 18.2 Å². The second kappa shape index (κ2) is 10.0. The standard InChI is InChI=1S/C19H21F2NO3S/c1-24-17-6-3-13(11-18(17)25-2)7-9-22-19(23)8-10-26-14-4-5-15(20)16(21)12-14/h3-6,11-12H,7-10H2,1-2H3,(H,22,23). The third-order valence-electron chi connectivity index (χ3n) is 3.67. The SMILES string of the molecule is COc1ccc(CCNC(=O)CCSc2ccc(F)c(F)c2)cc1OC. The molecule has 0 aliphatic rings. The molecule has 2 aromatic rings. The summed E-state index contributed by atoms with van der Waals surface area (Å²) in [5, 5.41) is 2.85. The van der Waals surface area contributed by atoms with Crippen LogP contribution in [0.2, 0.25) is 0 Å². The average molecular weight is 381 g/mol. The fourth-order valence-electron chi connectivity index (χ4n) is 2.30. The Bertz CT molecular complexity index is 756. The summed E-state index contributed by atoms with van der Waals surface area (Å²) < 4.78 is 36.4. The first-order valence-corrected chi connectivity index (χ1v) is 9.07. The Kier molecular flexibility index (Phi) is 7.72. The predicted octanol–water partition coefficient (Wildman–Crippen LogP) is 3.82. The molecule has 0 aliphatic carbocycles. The van der Waals surface area contributed by atoms with Gasteiger partial charge in [-0.25, -0.2) is 8.78 Å². The maximum atomic E-state index is 13.1. The van der Waals surface area contributed by atoms with Crippen LogP contribution in [0.3, 0.4) is 0 Å². The van der Waals surface area contributed by atoms with E-state index in [0.717, 1.165) is 17.7 Å². The van der Waals surface area contributed by atoms with Crippen molar-refractivity contribution >= 4 is 17.7 Å². The Morgan fingerprint density at radius 1 is 1.04 bits per heavy atom. The number of carbonyl (C=O) groups is 1. The molecule has 0 unspecified atom stereocenters. The molecule has 0 fully saturated rings. The number of hydrogen-bond acceptors (Lipinski definition) is 4. The van der Waals surface area contributed by atoms with Crippen LogP contribution in [0.15, 0.2) is 41.3 Å². The van der Waals surface area contributed by atoms with E-state index in [4.69, 9.17) is 9.47 Å². The van der Waals surface area contributed by atoms with Crippen molar-refractivity contribution in [3.05, 3.63) is 53.6 Å². The van der Waals surface area contributed by atoms with Crippen LogP contribution in [-0.4, -0.2) is 32.4 Å². The molecule has 2 rings (SSSR count). The number of halogens is 2. The fraction of sp³-hybridized carbons (Fsp3) is 0.316. The summed E-state index contributed by atoms with van der Waals surface area (Å²) in [6.07, 6.45) is 0.970. The Morgan fingerprint density at radius 3 is 2.50 bits per heavy atom. The van der Waals surface area contributed by atoms with Crippen molar-refractivity contribution in [2.75, 3.05) is 26.5 Å². The zero-order chi connectivity index (χ0) is 18.9. The molecule has 0 saturated carbocycles. The summed E-state index contributed by atoms with van der Waals surface area (Å²) in [4.78, 5) is 12.5. The van der Waals surface area contributed by atoms with Crippen LogP contribution in [0.4, 0.5) is 8.78 Å². The molecule has 0 radical (unpaired) electrons. The van der Waals surface area contributed by atoms with E-state index < -0.39 is 11.6 Å². The predicted molar refractivity (Wildman–Crippen MR) is 98.0 cm³/mol. The van der Waals surface area contributed by atoms with Crippen LogP contribution >= 0.6 is 11.8 Å². The van der Waals surface area contributed by atoms with Gasteiger partial charge in [0.25, 0.3) is 0 Å². The summed E-state index contributed by atoms with van der Waals surface area (Å²) in [6, 6.07) is 9.35. The highest BCUT2D eigenvalue weighted by atomic mass is 32.2. The minimum atomic E-state index is -0.880. The van der Waals surface area contributed by atoms with Crippen LogP contribution < -0.4 is 14.8 Å². The smallest absolute Gasteiger partial charge is 0.220 e. The van der Waals surface area contributed by atoms with Crippen LogP contribution in [-0.2, 0) is 11.2 Å². The van der Waals surface area contributed by atoms with Crippen molar-refractivity contribution < 1.29 is 23.0 Å². The van der Waals surface area contributed by atoms with Crippen molar-refractivity contribution in [3.8, 4) is 11.5 Å². The van der Waals surface area contributed by atoms with Crippen LogP contribution in [0, 0.1) is 11.6 Å². The zero-order valence-electron chi connectivity index (χ0n) is 14.7. The van der Waals surface area contributed by atoms with Gasteiger partial charge in [-0.1, -0.05) is 6.07 Å². The lowest BCUT2D eigenvalue weighted by Crippen LogP contribution is -2.25. The zero-order valence-corrected chi connectivity index (χ0v) is 15.5. The third kappa shape index (κ3) is 5.91. The van der Waals surface area contributed by atoms with Crippen LogP contribution in [0.25, 0.3) is 0 Å². The second-order valence-corrected chi connectivity index (χ2v) is 6.63. The molecule has 0 heterocycles. The van der Waals surface area contributed by atoms with Gasteiger partial charge in [-0.15, -0.1) is 11.8 Å². The molecule has 7 heteroatoms. The van der Waals surface area contributed by atoms with Gasteiger partial charge in [0, 0.05) is 23.6 Å². The van der Waals surface area contributed by atoms with Crippen molar-refractivity contribution in [1.82, 2.24) is 5.32 Å². The number of carbonyl (C=O) groups excluding carboxylic acids is 1. The largest absolute Gasteiger partial charge is 0.493 e. The second-order valence-electron chi connectivity index (χ2n) is 5.46. The van der Waals surface area contributed by atoms with Crippen LogP contribution in [0.1, 0.15) is 12.0 Å². The molecule has 0 aromatic heterocycles. The van der Waals surface area contributed by atoms with Gasteiger partial charge in [0.05, 0.1) is 14.2 Å². The molecule has 0 bridgehead atoms. The Labute approximate surface area is 155 Å². The van der Waals surface area contributed by atoms with E-state index in [0.29, 0.717) is 41.5 Å². The Morgan fingerprint density at radius 2 is 1.81 bits per heavy atom. The molecular weight excluding hydrogens is 360 g/mol. The number of benzene rings is 2. The van der Waals surface area contributed by atoms with Gasteiger partial charge in [0.1, 0.15) is 0 Å². The van der Waals surface area contributed by atoms with E-state index in [9.17, 15) is 13.6 Å². The van der Waals surface area contributed by atoms with Gasteiger partial charge in [-0.3, -0.25) is 4.79 Å². The average Bonchev–Trinajstić information content (AvgIpc) is 2.64. The van der Waals surface area contributed by atoms with Gasteiger partial charge in [0.15, 0.2) is 23.1 Å². The molecular formula is C19H21F2NO3S. The number of thioether (sulfide) groups is 1. The lowest BCUT2D eigenvalue weighted by Gasteiger charge is -2.10.